The first kappa shape index (κ1) is 23.1. The molecule has 1 amide bonds. The third kappa shape index (κ3) is 5.12. The maximum absolute atomic E-state index is 12.9. The molecule has 34 heavy (non-hydrogen) atoms. The van der Waals surface area contributed by atoms with Gasteiger partial charge in [0.2, 0.25) is 0 Å². The second-order valence-electron chi connectivity index (χ2n) is 8.20. The molecule has 3 aromatic carbocycles. The van der Waals surface area contributed by atoms with Gasteiger partial charge >= 0.3 is 12.1 Å². The van der Waals surface area contributed by atoms with Crippen LogP contribution in [-0.2, 0) is 20.9 Å². The molecule has 1 N–H and O–H groups in total. The molecule has 174 valence electrons. The van der Waals surface area contributed by atoms with Gasteiger partial charge in [-0.1, -0.05) is 85.8 Å². The number of carbonyl (C=O) groups excluding carboxylic acids is 2. The molecule has 1 aliphatic rings. The highest BCUT2D eigenvalue weighted by molar-refractivity contribution is 5.94. The Hall–Kier alpha value is -4.06. The molecular formula is C28H28N2O4. The number of hydrogen-bond donors (Lipinski definition) is 1. The lowest BCUT2D eigenvalue weighted by molar-refractivity contribution is -0.136. The molecule has 0 saturated carbocycles. The van der Waals surface area contributed by atoms with Crippen molar-refractivity contribution in [2.24, 2.45) is 5.92 Å². The van der Waals surface area contributed by atoms with Gasteiger partial charge in [0.1, 0.15) is 18.5 Å². The van der Waals surface area contributed by atoms with E-state index < -0.39 is 18.2 Å². The van der Waals surface area contributed by atoms with E-state index in [-0.39, 0.29) is 18.4 Å². The number of methoxy groups -OCH3 is 1. The van der Waals surface area contributed by atoms with Gasteiger partial charge in [0.15, 0.2) is 0 Å². The Morgan fingerprint density at radius 3 is 2.09 bits per heavy atom. The zero-order valence-corrected chi connectivity index (χ0v) is 19.3. The van der Waals surface area contributed by atoms with E-state index in [1.54, 1.807) is 0 Å². The number of ether oxygens (including phenoxy) is 2. The Bertz CT molecular complexity index is 1130. The number of alkyl carbamates (subject to hydrolysis) is 1. The molecule has 4 rings (SSSR count). The number of allylic oxidation sites excluding steroid dienone is 1. The van der Waals surface area contributed by atoms with E-state index in [2.05, 4.69) is 12.2 Å². The van der Waals surface area contributed by atoms with E-state index >= 15 is 0 Å². The van der Waals surface area contributed by atoms with Crippen LogP contribution >= 0.6 is 0 Å². The number of rotatable bonds is 6. The van der Waals surface area contributed by atoms with Crippen molar-refractivity contribution in [2.45, 2.75) is 25.6 Å². The molecule has 0 aliphatic carbocycles. The molecule has 6 heteroatoms. The molecule has 0 radical (unpaired) electrons. The summed E-state index contributed by atoms with van der Waals surface area (Å²) in [5, 5.41) is 3.01. The van der Waals surface area contributed by atoms with E-state index in [9.17, 15) is 9.59 Å². The monoisotopic (exact) mass is 456 g/mol. The number of nitrogens with one attached hydrogen (secondary N) is 1. The van der Waals surface area contributed by atoms with Crippen LogP contribution in [0.2, 0.25) is 0 Å². The number of esters is 1. The summed E-state index contributed by atoms with van der Waals surface area (Å²) in [6.07, 6.45) is 0.821. The van der Waals surface area contributed by atoms with Crippen molar-refractivity contribution in [3.05, 3.63) is 114 Å². The van der Waals surface area contributed by atoms with Crippen molar-refractivity contribution >= 4 is 17.7 Å². The molecule has 0 unspecified atom stereocenters. The smallest absolute Gasteiger partial charge is 0.409 e. The maximum Gasteiger partial charge on any atom is 0.409 e. The lowest BCUT2D eigenvalue weighted by Gasteiger charge is -2.44. The summed E-state index contributed by atoms with van der Waals surface area (Å²) in [5.41, 5.74) is 3.08. The first-order chi connectivity index (χ1) is 16.6. The summed E-state index contributed by atoms with van der Waals surface area (Å²) < 4.78 is 10.6. The van der Waals surface area contributed by atoms with Gasteiger partial charge < -0.3 is 19.7 Å². The van der Waals surface area contributed by atoms with Crippen molar-refractivity contribution in [1.29, 1.82) is 0 Å². The number of carbonyl (C=O) groups is 2. The highest BCUT2D eigenvalue weighted by Crippen LogP contribution is 2.39. The van der Waals surface area contributed by atoms with E-state index in [0.717, 1.165) is 16.8 Å². The lowest BCUT2D eigenvalue weighted by atomic mass is 9.81. The molecule has 1 heterocycles. The Morgan fingerprint density at radius 1 is 0.882 bits per heavy atom. The second kappa shape index (κ2) is 10.7. The summed E-state index contributed by atoms with van der Waals surface area (Å²) in [6.45, 7) is 2.21. The van der Waals surface area contributed by atoms with E-state index in [1.807, 2.05) is 102 Å². The highest BCUT2D eigenvalue weighted by atomic mass is 16.5. The van der Waals surface area contributed by atoms with Crippen LogP contribution in [0.5, 0.6) is 0 Å². The van der Waals surface area contributed by atoms with Crippen LogP contribution in [0.4, 0.5) is 10.5 Å². The fraction of sp³-hybridized carbons (Fsp3) is 0.214. The van der Waals surface area contributed by atoms with Crippen molar-refractivity contribution in [2.75, 3.05) is 12.0 Å². The van der Waals surface area contributed by atoms with E-state index in [0.29, 0.717) is 5.70 Å². The Morgan fingerprint density at radius 2 is 1.47 bits per heavy atom. The number of para-hydroxylation sites is 1. The van der Waals surface area contributed by atoms with Gasteiger partial charge in [0.05, 0.1) is 7.11 Å². The van der Waals surface area contributed by atoms with Crippen molar-refractivity contribution in [3.63, 3.8) is 0 Å². The molecular weight excluding hydrogens is 428 g/mol. The van der Waals surface area contributed by atoms with Gasteiger partial charge in [0, 0.05) is 17.5 Å². The molecule has 0 fully saturated rings. The van der Waals surface area contributed by atoms with Crippen LogP contribution in [-0.4, -0.2) is 25.3 Å². The number of hydrogen-bond acceptors (Lipinski definition) is 5. The van der Waals surface area contributed by atoms with Crippen LogP contribution < -0.4 is 10.2 Å². The Balaban J connectivity index is 1.69. The average molecular weight is 457 g/mol. The summed E-state index contributed by atoms with van der Waals surface area (Å²) in [4.78, 5) is 27.6. The fourth-order valence-electron chi connectivity index (χ4n) is 4.30. The highest BCUT2D eigenvalue weighted by Gasteiger charge is 2.40. The Kier molecular flexibility index (Phi) is 7.28. The molecule has 0 aromatic heterocycles. The summed E-state index contributed by atoms with van der Waals surface area (Å²) in [6, 6.07) is 28.9. The van der Waals surface area contributed by atoms with Crippen molar-refractivity contribution < 1.29 is 19.1 Å². The van der Waals surface area contributed by atoms with E-state index in [1.165, 1.54) is 7.11 Å². The van der Waals surface area contributed by atoms with Crippen LogP contribution in [0.3, 0.4) is 0 Å². The standard InChI is InChI=1S/C28H28N2O4/c1-20-24(22-14-8-4-9-15-22)18-25(27(31)33-2)30(23-16-10-5-11-17-23)26(20)29-28(32)34-19-21-12-6-3-7-13-21/h3-18,20,24,26H,19H2,1-2H3,(H,29,32)/t20-,24+,26-/m1/s1. The van der Waals surface area contributed by atoms with Crippen molar-refractivity contribution in [1.82, 2.24) is 5.32 Å². The predicted octanol–water partition coefficient (Wildman–Crippen LogP) is 5.24. The maximum atomic E-state index is 12.9. The summed E-state index contributed by atoms with van der Waals surface area (Å²) >= 11 is 0. The Labute approximate surface area is 199 Å². The molecule has 6 nitrogen and oxygen atoms in total. The quantitative estimate of drug-likeness (QED) is 0.514. The number of amides is 1. The second-order valence-corrected chi connectivity index (χ2v) is 8.20. The third-order valence-corrected chi connectivity index (χ3v) is 6.03. The molecule has 0 spiro atoms. The van der Waals surface area contributed by atoms with Crippen molar-refractivity contribution in [3.8, 4) is 0 Å². The summed E-state index contributed by atoms with van der Waals surface area (Å²) in [5.74, 6) is -0.670. The minimum absolute atomic E-state index is 0.0831. The zero-order chi connectivity index (χ0) is 23.9. The topological polar surface area (TPSA) is 67.9 Å². The molecule has 3 aromatic rings. The first-order valence-electron chi connectivity index (χ1n) is 11.2. The van der Waals surface area contributed by atoms with Gasteiger partial charge in [-0.2, -0.15) is 0 Å². The van der Waals surface area contributed by atoms with Gasteiger partial charge in [-0.3, -0.25) is 0 Å². The number of benzene rings is 3. The minimum Gasteiger partial charge on any atom is -0.464 e. The largest absolute Gasteiger partial charge is 0.464 e. The van der Waals surface area contributed by atoms with Gasteiger partial charge in [-0.15, -0.1) is 0 Å². The molecule has 0 bridgehead atoms. The normalized spacial score (nSPS) is 19.6. The minimum atomic E-state index is -0.556. The lowest BCUT2D eigenvalue weighted by Crippen LogP contribution is -2.56. The molecule has 1 aliphatic heterocycles. The van der Waals surface area contributed by atoms with Crippen LogP contribution in [0.15, 0.2) is 103 Å². The summed E-state index contributed by atoms with van der Waals surface area (Å²) in [7, 11) is 1.36. The SMILES string of the molecule is COC(=O)C1=C[C@H](c2ccccc2)[C@@H](C)[C@H](NC(=O)OCc2ccccc2)N1c1ccccc1. The van der Waals surface area contributed by atoms with Crippen LogP contribution in [0.1, 0.15) is 24.0 Å². The number of anilines is 1. The average Bonchev–Trinajstić information content (AvgIpc) is 2.89. The van der Waals surface area contributed by atoms with E-state index in [4.69, 9.17) is 9.47 Å². The van der Waals surface area contributed by atoms with Gasteiger partial charge in [0.25, 0.3) is 0 Å². The van der Waals surface area contributed by atoms with Gasteiger partial charge in [-0.25, -0.2) is 9.59 Å². The van der Waals surface area contributed by atoms with Crippen LogP contribution in [0, 0.1) is 5.92 Å². The predicted molar refractivity (Wildman–Crippen MR) is 131 cm³/mol. The zero-order valence-electron chi connectivity index (χ0n) is 19.3. The first-order valence-corrected chi connectivity index (χ1v) is 11.2. The third-order valence-electron chi connectivity index (χ3n) is 6.03. The molecule has 3 atom stereocenters. The fourth-order valence-corrected chi connectivity index (χ4v) is 4.30. The molecule has 0 saturated heterocycles. The van der Waals surface area contributed by atoms with Crippen LogP contribution in [0.25, 0.3) is 0 Å². The van der Waals surface area contributed by atoms with Gasteiger partial charge in [-0.05, 0) is 29.3 Å². The number of nitrogens with zero attached hydrogens (tertiary/aromatic N) is 1.